The van der Waals surface area contributed by atoms with Crippen molar-refractivity contribution in [1.82, 2.24) is 9.55 Å². The second-order valence-corrected chi connectivity index (χ2v) is 9.33. The number of nitrogens with one attached hydrogen (secondary N) is 1. The molecule has 0 radical (unpaired) electrons. The number of carbonyl (C=O) groups excluding carboxylic acids is 1. The first kappa shape index (κ1) is 20.5. The second-order valence-electron chi connectivity index (χ2n) is 7.21. The number of halogens is 1. The molecule has 0 fully saturated rings. The molecule has 30 heavy (non-hydrogen) atoms. The van der Waals surface area contributed by atoms with E-state index in [1.807, 2.05) is 50.2 Å². The van der Waals surface area contributed by atoms with E-state index in [0.717, 1.165) is 26.0 Å². The highest BCUT2D eigenvalue weighted by Gasteiger charge is 2.22. The summed E-state index contributed by atoms with van der Waals surface area (Å²) in [6.07, 6.45) is 1.46. The largest absolute Gasteiger partial charge is 0.324 e. The van der Waals surface area contributed by atoms with Gasteiger partial charge < -0.3 is 5.32 Å². The zero-order valence-corrected chi connectivity index (χ0v) is 19.2. The Kier molecular flexibility index (Phi) is 5.58. The lowest BCUT2D eigenvalue weighted by atomic mass is 10.0. The van der Waals surface area contributed by atoms with E-state index in [1.165, 1.54) is 22.2 Å². The minimum Gasteiger partial charge on any atom is -0.324 e. The third-order valence-electron chi connectivity index (χ3n) is 5.06. The molecule has 5 nitrogen and oxygen atoms in total. The van der Waals surface area contributed by atoms with Gasteiger partial charge in [-0.1, -0.05) is 45.8 Å². The van der Waals surface area contributed by atoms with Gasteiger partial charge in [-0.2, -0.15) is 0 Å². The first-order chi connectivity index (χ1) is 14.3. The Morgan fingerprint density at radius 1 is 1.10 bits per heavy atom. The van der Waals surface area contributed by atoms with Gasteiger partial charge in [-0.15, -0.1) is 11.3 Å². The van der Waals surface area contributed by atoms with Gasteiger partial charge >= 0.3 is 0 Å². The molecule has 7 heteroatoms. The van der Waals surface area contributed by atoms with E-state index in [-0.39, 0.29) is 11.5 Å². The number of aryl methyl sites for hydroxylation is 2. The molecule has 0 bridgehead atoms. The number of aromatic nitrogens is 2. The molecule has 4 aromatic rings. The number of amides is 1. The molecule has 1 amide bonds. The van der Waals surface area contributed by atoms with Crippen molar-refractivity contribution >= 4 is 49.1 Å². The molecule has 0 aliphatic carbocycles. The zero-order valence-electron chi connectivity index (χ0n) is 16.8. The van der Waals surface area contributed by atoms with Crippen molar-refractivity contribution in [3.8, 4) is 11.1 Å². The molecule has 0 spiro atoms. The van der Waals surface area contributed by atoms with E-state index in [1.54, 1.807) is 19.1 Å². The third kappa shape index (κ3) is 3.82. The van der Waals surface area contributed by atoms with Gasteiger partial charge in [-0.25, -0.2) is 4.98 Å². The topological polar surface area (TPSA) is 64.0 Å². The van der Waals surface area contributed by atoms with Crippen LogP contribution in [0.25, 0.3) is 21.3 Å². The molecule has 2 aromatic carbocycles. The predicted molar refractivity (Wildman–Crippen MR) is 126 cm³/mol. The smallest absolute Gasteiger partial charge is 0.263 e. The van der Waals surface area contributed by atoms with E-state index in [2.05, 4.69) is 26.2 Å². The fourth-order valence-electron chi connectivity index (χ4n) is 3.37. The minimum absolute atomic E-state index is 0.210. The molecule has 1 unspecified atom stereocenters. The average molecular weight is 482 g/mol. The molecular formula is C23H20BrN3O2S. The summed E-state index contributed by atoms with van der Waals surface area (Å²) in [7, 11) is 0. The van der Waals surface area contributed by atoms with Crippen LogP contribution in [0.1, 0.15) is 23.4 Å². The molecule has 0 saturated heterocycles. The van der Waals surface area contributed by atoms with Crippen molar-refractivity contribution in [2.24, 2.45) is 0 Å². The van der Waals surface area contributed by atoms with Crippen LogP contribution in [0.4, 0.5) is 5.69 Å². The summed E-state index contributed by atoms with van der Waals surface area (Å²) >= 11 is 4.87. The van der Waals surface area contributed by atoms with Crippen LogP contribution < -0.4 is 10.9 Å². The maximum absolute atomic E-state index is 13.4. The summed E-state index contributed by atoms with van der Waals surface area (Å²) in [6, 6.07) is 14.7. The maximum Gasteiger partial charge on any atom is 0.263 e. The van der Waals surface area contributed by atoms with E-state index >= 15 is 0 Å². The minimum atomic E-state index is -0.705. The summed E-state index contributed by atoms with van der Waals surface area (Å²) in [5.41, 5.74) is 3.49. The molecule has 0 aliphatic rings. The van der Waals surface area contributed by atoms with Gasteiger partial charge in [0, 0.05) is 20.6 Å². The normalized spacial score (nSPS) is 12.1. The summed E-state index contributed by atoms with van der Waals surface area (Å²) < 4.78 is 2.33. The van der Waals surface area contributed by atoms with Crippen LogP contribution in [0, 0.1) is 13.8 Å². The van der Waals surface area contributed by atoms with Crippen molar-refractivity contribution in [3.05, 3.63) is 80.1 Å². The molecule has 4 rings (SSSR count). The van der Waals surface area contributed by atoms with Crippen LogP contribution in [0.15, 0.2) is 64.1 Å². The first-order valence-corrected chi connectivity index (χ1v) is 11.1. The van der Waals surface area contributed by atoms with E-state index in [4.69, 9.17) is 0 Å². The van der Waals surface area contributed by atoms with Crippen molar-refractivity contribution in [1.29, 1.82) is 0 Å². The number of hydrogen-bond donors (Lipinski definition) is 1. The highest BCUT2D eigenvalue weighted by Crippen LogP contribution is 2.35. The van der Waals surface area contributed by atoms with Crippen LogP contribution in [-0.2, 0) is 4.79 Å². The summed E-state index contributed by atoms with van der Waals surface area (Å²) in [4.78, 5) is 32.4. The molecule has 0 aliphatic heterocycles. The number of nitrogens with zero attached hydrogens (tertiary/aromatic N) is 2. The van der Waals surface area contributed by atoms with Crippen LogP contribution in [0.3, 0.4) is 0 Å². The molecule has 2 aromatic heterocycles. The molecule has 1 atom stereocenters. The Hall–Kier alpha value is -2.77. The summed E-state index contributed by atoms with van der Waals surface area (Å²) in [5, 5.41) is 3.42. The Morgan fingerprint density at radius 3 is 2.43 bits per heavy atom. The van der Waals surface area contributed by atoms with Crippen molar-refractivity contribution in [2.45, 2.75) is 26.8 Å². The van der Waals surface area contributed by atoms with E-state index in [9.17, 15) is 9.59 Å². The van der Waals surface area contributed by atoms with Crippen molar-refractivity contribution in [2.75, 3.05) is 5.32 Å². The monoisotopic (exact) mass is 481 g/mol. The number of fused-ring (bicyclic) bond motifs is 1. The van der Waals surface area contributed by atoms with Gasteiger partial charge in [0.25, 0.3) is 5.56 Å². The van der Waals surface area contributed by atoms with E-state index < -0.39 is 6.04 Å². The lowest BCUT2D eigenvalue weighted by molar-refractivity contribution is -0.118. The molecular weight excluding hydrogens is 462 g/mol. The van der Waals surface area contributed by atoms with Gasteiger partial charge in [0.05, 0.1) is 11.7 Å². The fraction of sp³-hybridized carbons (Fsp3) is 0.174. The van der Waals surface area contributed by atoms with Gasteiger partial charge in [0.15, 0.2) is 0 Å². The van der Waals surface area contributed by atoms with Crippen LogP contribution >= 0.6 is 27.3 Å². The molecule has 1 N–H and O–H groups in total. The Morgan fingerprint density at radius 2 is 1.77 bits per heavy atom. The second kappa shape index (κ2) is 8.16. The standard InChI is InChI=1S/C23H20BrN3O2S/c1-13-4-6-16(7-5-13)19-15(3)30-22-20(19)23(29)27(12-25-22)14(2)21(28)26-18-10-8-17(24)9-11-18/h4-12,14H,1-3H3,(H,26,28). The lowest BCUT2D eigenvalue weighted by Gasteiger charge is -2.15. The molecule has 2 heterocycles. The Labute approximate surface area is 186 Å². The van der Waals surface area contributed by atoms with Gasteiger partial charge in [0.2, 0.25) is 5.91 Å². The number of anilines is 1. The summed E-state index contributed by atoms with van der Waals surface area (Å²) in [6.45, 7) is 5.73. The predicted octanol–water partition coefficient (Wildman–Crippen LogP) is 5.70. The van der Waals surface area contributed by atoms with Crippen molar-refractivity contribution < 1.29 is 4.79 Å². The Bertz CT molecular complexity index is 1290. The highest BCUT2D eigenvalue weighted by molar-refractivity contribution is 9.10. The van der Waals surface area contributed by atoms with Gasteiger partial charge in [-0.05, 0) is 50.6 Å². The van der Waals surface area contributed by atoms with Crippen LogP contribution in [0.2, 0.25) is 0 Å². The average Bonchev–Trinajstić information content (AvgIpc) is 3.07. The van der Waals surface area contributed by atoms with Crippen molar-refractivity contribution in [3.63, 3.8) is 0 Å². The first-order valence-electron chi connectivity index (χ1n) is 9.49. The van der Waals surface area contributed by atoms with E-state index in [0.29, 0.717) is 15.9 Å². The molecule has 152 valence electrons. The molecule has 0 saturated carbocycles. The quantitative estimate of drug-likeness (QED) is 0.406. The van der Waals surface area contributed by atoms with Crippen LogP contribution in [-0.4, -0.2) is 15.5 Å². The number of carbonyl (C=O) groups is 1. The number of rotatable bonds is 4. The van der Waals surface area contributed by atoms with Gasteiger partial charge in [0.1, 0.15) is 10.9 Å². The number of hydrogen-bond acceptors (Lipinski definition) is 4. The number of thiophene rings is 1. The lowest BCUT2D eigenvalue weighted by Crippen LogP contribution is -2.31. The Balaban J connectivity index is 1.74. The fourth-order valence-corrected chi connectivity index (χ4v) is 4.63. The SMILES string of the molecule is Cc1ccc(-c2c(C)sc3ncn(C(C)C(=O)Nc4ccc(Br)cc4)c(=O)c23)cc1. The summed E-state index contributed by atoms with van der Waals surface area (Å²) in [5.74, 6) is -0.274. The zero-order chi connectivity index (χ0) is 21.4. The van der Waals surface area contributed by atoms with Gasteiger partial charge in [-0.3, -0.25) is 14.2 Å². The van der Waals surface area contributed by atoms with Crippen LogP contribution in [0.5, 0.6) is 0 Å². The number of benzene rings is 2. The third-order valence-corrected chi connectivity index (χ3v) is 6.60. The highest BCUT2D eigenvalue weighted by atomic mass is 79.9. The maximum atomic E-state index is 13.4.